The summed E-state index contributed by atoms with van der Waals surface area (Å²) in [4.78, 5) is 11.2. The zero-order chi connectivity index (χ0) is 12.7. The zero-order valence-corrected chi connectivity index (χ0v) is 11.6. The molecule has 0 heterocycles. The first-order chi connectivity index (χ1) is 8.08. The largest absolute Gasteiger partial charge is 0.480 e. The van der Waals surface area contributed by atoms with Crippen molar-refractivity contribution in [2.24, 2.45) is 5.73 Å². The minimum absolute atomic E-state index is 0. The number of halogens is 1. The van der Waals surface area contributed by atoms with Gasteiger partial charge in [0.25, 0.3) is 0 Å². The van der Waals surface area contributed by atoms with Gasteiger partial charge in [0.1, 0.15) is 5.54 Å². The number of benzene rings is 1. The normalized spacial score (nSPS) is 13.4. The lowest BCUT2D eigenvalue weighted by Gasteiger charge is -2.24. The Bertz CT molecular complexity index is 356. The van der Waals surface area contributed by atoms with Crippen molar-refractivity contribution in [2.75, 3.05) is 0 Å². The third kappa shape index (κ3) is 5.07. The van der Waals surface area contributed by atoms with Gasteiger partial charge in [-0.05, 0) is 24.8 Å². The number of carbonyl (C=O) groups is 1. The van der Waals surface area contributed by atoms with Crippen molar-refractivity contribution >= 4 is 18.4 Å². The second kappa shape index (κ2) is 8.11. The average Bonchev–Trinajstić information content (AvgIpc) is 2.35. The summed E-state index contributed by atoms with van der Waals surface area (Å²) in [6, 6.07) is 9.87. The lowest BCUT2D eigenvalue weighted by Crippen LogP contribution is -2.48. The van der Waals surface area contributed by atoms with E-state index in [2.05, 4.69) is 0 Å². The van der Waals surface area contributed by atoms with Gasteiger partial charge in [-0.3, -0.25) is 4.79 Å². The molecular weight excluding hydrogens is 250 g/mol. The van der Waals surface area contributed by atoms with Crippen LogP contribution in [0, 0.1) is 0 Å². The van der Waals surface area contributed by atoms with Crippen molar-refractivity contribution in [3.63, 3.8) is 0 Å². The molecule has 0 spiro atoms. The fraction of sp³-hybridized carbons (Fsp3) is 0.500. The van der Waals surface area contributed by atoms with Crippen molar-refractivity contribution in [3.8, 4) is 0 Å². The molecule has 1 aromatic carbocycles. The summed E-state index contributed by atoms with van der Waals surface area (Å²) in [5.74, 6) is -0.887. The number of hydrogen-bond acceptors (Lipinski definition) is 2. The van der Waals surface area contributed by atoms with Crippen LogP contribution in [0.1, 0.15) is 38.2 Å². The van der Waals surface area contributed by atoms with Crippen LogP contribution in [0.2, 0.25) is 0 Å². The maximum atomic E-state index is 11.2. The third-order valence-electron chi connectivity index (χ3n) is 3.10. The van der Waals surface area contributed by atoms with Gasteiger partial charge in [-0.25, -0.2) is 0 Å². The highest BCUT2D eigenvalue weighted by molar-refractivity contribution is 5.85. The molecule has 0 saturated heterocycles. The fourth-order valence-corrected chi connectivity index (χ4v) is 1.84. The molecule has 0 aliphatic heterocycles. The van der Waals surface area contributed by atoms with Gasteiger partial charge in [-0.15, -0.1) is 12.4 Å². The van der Waals surface area contributed by atoms with Crippen LogP contribution in [0.5, 0.6) is 0 Å². The zero-order valence-electron chi connectivity index (χ0n) is 10.8. The molecule has 0 radical (unpaired) electrons. The first kappa shape index (κ1) is 16.9. The van der Waals surface area contributed by atoms with E-state index in [0.29, 0.717) is 19.3 Å². The van der Waals surface area contributed by atoms with Crippen LogP contribution in [0.4, 0.5) is 0 Å². The minimum atomic E-state index is -1.08. The summed E-state index contributed by atoms with van der Waals surface area (Å²) in [6.07, 6.45) is 3.58. The van der Waals surface area contributed by atoms with Crippen molar-refractivity contribution in [1.82, 2.24) is 0 Å². The highest BCUT2D eigenvalue weighted by Crippen LogP contribution is 2.19. The Hall–Kier alpha value is -1.06. The Balaban J connectivity index is 0.00000289. The molecule has 0 aliphatic rings. The molecule has 3 nitrogen and oxygen atoms in total. The standard InChI is InChI=1S/C14H21NO2.ClH/c1-2-3-10-14(15,13(16)17)11-9-12-7-5-4-6-8-12;/h4-8H,2-3,9-11,15H2,1H3,(H,16,17);1H. The van der Waals surface area contributed by atoms with Crippen LogP contribution in [-0.4, -0.2) is 16.6 Å². The Morgan fingerprint density at radius 3 is 2.39 bits per heavy atom. The molecule has 1 atom stereocenters. The molecule has 0 saturated carbocycles. The maximum Gasteiger partial charge on any atom is 0.323 e. The predicted molar refractivity (Wildman–Crippen MR) is 76.1 cm³/mol. The van der Waals surface area contributed by atoms with E-state index in [9.17, 15) is 9.90 Å². The number of carboxylic acids is 1. The van der Waals surface area contributed by atoms with Crippen LogP contribution < -0.4 is 5.73 Å². The van der Waals surface area contributed by atoms with E-state index in [4.69, 9.17) is 5.73 Å². The lowest BCUT2D eigenvalue weighted by molar-refractivity contribution is -0.144. The molecule has 0 amide bonds. The van der Waals surface area contributed by atoms with Gasteiger partial charge in [0, 0.05) is 0 Å². The number of rotatable bonds is 7. The van der Waals surface area contributed by atoms with Gasteiger partial charge < -0.3 is 10.8 Å². The predicted octanol–water partition coefficient (Wildman–Crippen LogP) is 3.01. The van der Waals surface area contributed by atoms with Crippen molar-refractivity contribution < 1.29 is 9.90 Å². The van der Waals surface area contributed by atoms with Gasteiger partial charge in [-0.2, -0.15) is 0 Å². The molecule has 1 aromatic rings. The Morgan fingerprint density at radius 2 is 1.89 bits per heavy atom. The molecule has 0 aliphatic carbocycles. The second-order valence-electron chi connectivity index (χ2n) is 4.55. The molecule has 102 valence electrons. The molecule has 1 rings (SSSR count). The van der Waals surface area contributed by atoms with Gasteiger partial charge in [0.15, 0.2) is 0 Å². The van der Waals surface area contributed by atoms with Crippen molar-refractivity contribution in [2.45, 2.75) is 44.6 Å². The molecular formula is C14H22ClNO2. The highest BCUT2D eigenvalue weighted by atomic mass is 35.5. The molecule has 18 heavy (non-hydrogen) atoms. The van der Waals surface area contributed by atoms with Crippen LogP contribution in [0.25, 0.3) is 0 Å². The Kier molecular flexibility index (Phi) is 7.64. The molecule has 3 N–H and O–H groups in total. The highest BCUT2D eigenvalue weighted by Gasteiger charge is 2.32. The van der Waals surface area contributed by atoms with Crippen LogP contribution in [0.15, 0.2) is 30.3 Å². The lowest BCUT2D eigenvalue weighted by atomic mass is 9.87. The molecule has 4 heteroatoms. The maximum absolute atomic E-state index is 11.2. The smallest absolute Gasteiger partial charge is 0.323 e. The topological polar surface area (TPSA) is 63.3 Å². The SMILES string of the molecule is CCCCC(N)(CCc1ccccc1)C(=O)O.Cl. The number of carboxylic acid groups (broad SMARTS) is 1. The summed E-state index contributed by atoms with van der Waals surface area (Å²) < 4.78 is 0. The average molecular weight is 272 g/mol. The molecule has 0 aromatic heterocycles. The quantitative estimate of drug-likeness (QED) is 0.801. The van der Waals surface area contributed by atoms with Crippen molar-refractivity contribution in [1.29, 1.82) is 0 Å². The van der Waals surface area contributed by atoms with Crippen molar-refractivity contribution in [3.05, 3.63) is 35.9 Å². The summed E-state index contributed by atoms with van der Waals surface area (Å²) in [5.41, 5.74) is 6.04. The Labute approximate surface area is 115 Å². The fourth-order valence-electron chi connectivity index (χ4n) is 1.84. The van der Waals surface area contributed by atoms with Crippen LogP contribution >= 0.6 is 12.4 Å². The van der Waals surface area contributed by atoms with E-state index < -0.39 is 11.5 Å². The number of nitrogens with two attached hydrogens (primary N) is 1. The van der Waals surface area contributed by atoms with E-state index in [1.54, 1.807) is 0 Å². The molecule has 0 fully saturated rings. The van der Waals surface area contributed by atoms with Gasteiger partial charge in [-0.1, -0.05) is 50.1 Å². The van der Waals surface area contributed by atoms with Crippen LogP contribution in [-0.2, 0) is 11.2 Å². The van der Waals surface area contributed by atoms with E-state index in [-0.39, 0.29) is 12.4 Å². The summed E-state index contributed by atoms with van der Waals surface area (Å²) in [7, 11) is 0. The summed E-state index contributed by atoms with van der Waals surface area (Å²) >= 11 is 0. The number of aliphatic carboxylic acids is 1. The summed E-state index contributed by atoms with van der Waals surface area (Å²) in [6.45, 7) is 2.04. The number of hydrogen-bond donors (Lipinski definition) is 2. The van der Waals surface area contributed by atoms with E-state index in [1.807, 2.05) is 37.3 Å². The van der Waals surface area contributed by atoms with Gasteiger partial charge in [0.2, 0.25) is 0 Å². The second-order valence-corrected chi connectivity index (χ2v) is 4.55. The first-order valence-electron chi connectivity index (χ1n) is 6.14. The van der Waals surface area contributed by atoms with E-state index in [1.165, 1.54) is 0 Å². The molecule has 0 bridgehead atoms. The van der Waals surface area contributed by atoms with Gasteiger partial charge in [0.05, 0.1) is 0 Å². The first-order valence-corrected chi connectivity index (χ1v) is 6.14. The van der Waals surface area contributed by atoms with E-state index in [0.717, 1.165) is 18.4 Å². The summed E-state index contributed by atoms with van der Waals surface area (Å²) in [5, 5.41) is 9.21. The van der Waals surface area contributed by atoms with Gasteiger partial charge >= 0.3 is 5.97 Å². The Morgan fingerprint density at radius 1 is 1.28 bits per heavy atom. The number of unbranched alkanes of at least 4 members (excludes halogenated alkanes) is 1. The minimum Gasteiger partial charge on any atom is -0.480 e. The third-order valence-corrected chi connectivity index (χ3v) is 3.10. The van der Waals surface area contributed by atoms with E-state index >= 15 is 0 Å². The number of aryl methyl sites for hydroxylation is 1. The monoisotopic (exact) mass is 271 g/mol. The van der Waals surface area contributed by atoms with Crippen LogP contribution in [0.3, 0.4) is 0 Å². The molecule has 1 unspecified atom stereocenters.